The number of hydrogen-bond donors (Lipinski definition) is 1. The molecule has 0 heterocycles. The maximum atomic E-state index is 12.8. The molecule has 0 bridgehead atoms. The van der Waals surface area contributed by atoms with Crippen molar-refractivity contribution in [3.63, 3.8) is 0 Å². The molecule has 0 saturated heterocycles. The number of benzene rings is 1. The summed E-state index contributed by atoms with van der Waals surface area (Å²) in [6.45, 7) is 1.69. The van der Waals surface area contributed by atoms with Crippen LogP contribution >= 0.6 is 0 Å². The van der Waals surface area contributed by atoms with Crippen molar-refractivity contribution in [2.45, 2.75) is 25.9 Å². The molecule has 0 aliphatic heterocycles. The minimum absolute atomic E-state index is 0.0684. The molecule has 3 nitrogen and oxygen atoms in total. The van der Waals surface area contributed by atoms with E-state index in [9.17, 15) is 18.0 Å². The third-order valence-electron chi connectivity index (χ3n) is 2.89. The van der Waals surface area contributed by atoms with E-state index in [1.807, 2.05) is 0 Å². The maximum Gasteiger partial charge on any atom is 0.419 e. The molecule has 1 aromatic rings. The summed E-state index contributed by atoms with van der Waals surface area (Å²) in [5.41, 5.74) is -0.546. The highest BCUT2D eigenvalue weighted by Gasteiger charge is 2.34. The van der Waals surface area contributed by atoms with Gasteiger partial charge >= 0.3 is 12.1 Å². The van der Waals surface area contributed by atoms with E-state index in [0.29, 0.717) is 12.0 Å². The van der Waals surface area contributed by atoms with Crippen molar-refractivity contribution in [3.8, 4) is 5.75 Å². The fraction of sp³-hybridized carbons (Fsp3) is 0.462. The van der Waals surface area contributed by atoms with Gasteiger partial charge in [0.05, 0.1) is 18.6 Å². The monoisotopic (exact) mass is 276 g/mol. The van der Waals surface area contributed by atoms with Gasteiger partial charge in [-0.05, 0) is 30.5 Å². The van der Waals surface area contributed by atoms with E-state index < -0.39 is 23.6 Å². The van der Waals surface area contributed by atoms with Crippen LogP contribution in [0.25, 0.3) is 0 Å². The van der Waals surface area contributed by atoms with Crippen LogP contribution in [0.4, 0.5) is 13.2 Å². The molecule has 6 heteroatoms. The third kappa shape index (κ3) is 3.87. The van der Waals surface area contributed by atoms with Gasteiger partial charge in [-0.3, -0.25) is 4.79 Å². The van der Waals surface area contributed by atoms with Crippen LogP contribution in [0.1, 0.15) is 24.5 Å². The Kier molecular flexibility index (Phi) is 4.80. The van der Waals surface area contributed by atoms with Gasteiger partial charge in [0.2, 0.25) is 0 Å². The normalized spacial score (nSPS) is 13.1. The number of carbonyl (C=O) groups is 1. The summed E-state index contributed by atoms with van der Waals surface area (Å²) in [6, 6.07) is 3.62. The smallest absolute Gasteiger partial charge is 0.419 e. The number of hydrogen-bond acceptors (Lipinski definition) is 2. The first-order chi connectivity index (χ1) is 8.79. The first-order valence-electron chi connectivity index (χ1n) is 5.76. The fourth-order valence-electron chi connectivity index (χ4n) is 1.79. The van der Waals surface area contributed by atoms with E-state index >= 15 is 0 Å². The van der Waals surface area contributed by atoms with E-state index in [0.717, 1.165) is 13.2 Å². The highest BCUT2D eigenvalue weighted by molar-refractivity contribution is 5.70. The van der Waals surface area contributed by atoms with Gasteiger partial charge in [0.15, 0.2) is 0 Å². The molecule has 0 spiro atoms. The lowest BCUT2D eigenvalue weighted by Gasteiger charge is -2.15. The molecular weight excluding hydrogens is 261 g/mol. The zero-order valence-corrected chi connectivity index (χ0v) is 10.6. The predicted octanol–water partition coefficient (Wildman–Crippen LogP) is 3.37. The summed E-state index contributed by atoms with van der Waals surface area (Å²) in [5.74, 6) is -1.96. The van der Waals surface area contributed by atoms with Gasteiger partial charge in [0.1, 0.15) is 5.75 Å². The molecule has 1 unspecified atom stereocenters. The standard InChI is InChI=1S/C13H15F3O3/c1-3-9(12(17)18)6-8-4-5-11(19-2)10(7-8)13(14,15)16/h4-5,7,9H,3,6H2,1-2H3,(H,17,18). The van der Waals surface area contributed by atoms with Gasteiger partial charge in [0.25, 0.3) is 0 Å². The van der Waals surface area contributed by atoms with Crippen LogP contribution in [-0.2, 0) is 17.4 Å². The number of rotatable bonds is 5. The maximum absolute atomic E-state index is 12.8. The fourth-order valence-corrected chi connectivity index (χ4v) is 1.79. The van der Waals surface area contributed by atoms with Crippen LogP contribution in [-0.4, -0.2) is 18.2 Å². The number of carboxylic acid groups (broad SMARTS) is 1. The van der Waals surface area contributed by atoms with Crippen molar-refractivity contribution in [1.82, 2.24) is 0 Å². The van der Waals surface area contributed by atoms with Crippen LogP contribution < -0.4 is 4.74 Å². The Morgan fingerprint density at radius 3 is 2.47 bits per heavy atom. The molecular formula is C13H15F3O3. The Hall–Kier alpha value is -1.72. The van der Waals surface area contributed by atoms with Crippen molar-refractivity contribution in [2.75, 3.05) is 7.11 Å². The predicted molar refractivity (Wildman–Crippen MR) is 63.1 cm³/mol. The zero-order valence-electron chi connectivity index (χ0n) is 10.6. The Bertz CT molecular complexity index is 455. The summed E-state index contributed by atoms with van der Waals surface area (Å²) in [4.78, 5) is 10.9. The largest absolute Gasteiger partial charge is 0.496 e. The first-order valence-corrected chi connectivity index (χ1v) is 5.76. The Labute approximate surface area is 109 Å². The highest BCUT2D eigenvalue weighted by Crippen LogP contribution is 2.37. The molecule has 0 radical (unpaired) electrons. The van der Waals surface area contributed by atoms with E-state index in [-0.39, 0.29) is 12.2 Å². The minimum atomic E-state index is -4.52. The molecule has 19 heavy (non-hydrogen) atoms. The lowest BCUT2D eigenvalue weighted by atomic mass is 9.95. The number of carboxylic acids is 1. The van der Waals surface area contributed by atoms with Gasteiger partial charge < -0.3 is 9.84 Å². The molecule has 106 valence electrons. The number of methoxy groups -OCH3 is 1. The van der Waals surface area contributed by atoms with Crippen LogP contribution in [0.15, 0.2) is 18.2 Å². The van der Waals surface area contributed by atoms with E-state index in [4.69, 9.17) is 5.11 Å². The molecule has 0 saturated carbocycles. The average Bonchev–Trinajstić information content (AvgIpc) is 2.34. The van der Waals surface area contributed by atoms with Gasteiger partial charge in [-0.25, -0.2) is 0 Å². The van der Waals surface area contributed by atoms with Crippen LogP contribution in [0, 0.1) is 5.92 Å². The van der Waals surface area contributed by atoms with E-state index in [1.54, 1.807) is 6.92 Å². The van der Waals surface area contributed by atoms with Crippen molar-refractivity contribution < 1.29 is 27.8 Å². The Morgan fingerprint density at radius 2 is 2.05 bits per heavy atom. The molecule has 1 atom stereocenters. The second-order valence-corrected chi connectivity index (χ2v) is 4.18. The summed E-state index contributed by atoms with van der Waals surface area (Å²) >= 11 is 0. The SMILES string of the molecule is CCC(Cc1ccc(OC)c(C(F)(F)F)c1)C(=O)O. The quantitative estimate of drug-likeness (QED) is 0.897. The van der Waals surface area contributed by atoms with E-state index in [1.165, 1.54) is 12.1 Å². The van der Waals surface area contributed by atoms with Crippen molar-refractivity contribution >= 4 is 5.97 Å². The molecule has 0 aliphatic rings. The summed E-state index contributed by atoms with van der Waals surface area (Å²) in [7, 11) is 1.16. The van der Waals surface area contributed by atoms with Crippen LogP contribution in [0.2, 0.25) is 0 Å². The number of halogens is 3. The number of ether oxygens (including phenoxy) is 1. The minimum Gasteiger partial charge on any atom is -0.496 e. The summed E-state index contributed by atoms with van der Waals surface area (Å²) < 4.78 is 43.1. The number of aliphatic carboxylic acids is 1. The molecule has 1 rings (SSSR count). The summed E-state index contributed by atoms with van der Waals surface area (Å²) in [6.07, 6.45) is -4.09. The van der Waals surface area contributed by atoms with Crippen LogP contribution in [0.5, 0.6) is 5.75 Å². The van der Waals surface area contributed by atoms with Gasteiger partial charge in [0, 0.05) is 0 Å². The highest BCUT2D eigenvalue weighted by atomic mass is 19.4. The lowest BCUT2D eigenvalue weighted by Crippen LogP contribution is -2.16. The topological polar surface area (TPSA) is 46.5 Å². The molecule has 0 aliphatic carbocycles. The van der Waals surface area contributed by atoms with Crippen molar-refractivity contribution in [3.05, 3.63) is 29.3 Å². The Balaban J connectivity index is 3.08. The second kappa shape index (κ2) is 5.95. The molecule has 1 aromatic carbocycles. The average molecular weight is 276 g/mol. The van der Waals surface area contributed by atoms with Gasteiger partial charge in [-0.15, -0.1) is 0 Å². The van der Waals surface area contributed by atoms with Gasteiger partial charge in [-0.2, -0.15) is 13.2 Å². The first kappa shape index (κ1) is 15.3. The van der Waals surface area contributed by atoms with Crippen molar-refractivity contribution in [1.29, 1.82) is 0 Å². The number of alkyl halides is 3. The second-order valence-electron chi connectivity index (χ2n) is 4.18. The molecule has 0 fully saturated rings. The third-order valence-corrected chi connectivity index (χ3v) is 2.89. The van der Waals surface area contributed by atoms with Crippen molar-refractivity contribution in [2.24, 2.45) is 5.92 Å². The van der Waals surface area contributed by atoms with Crippen LogP contribution in [0.3, 0.4) is 0 Å². The van der Waals surface area contributed by atoms with Gasteiger partial charge in [-0.1, -0.05) is 13.0 Å². The molecule has 0 aromatic heterocycles. The Morgan fingerprint density at radius 1 is 1.42 bits per heavy atom. The lowest BCUT2D eigenvalue weighted by molar-refractivity contribution is -0.141. The molecule has 0 amide bonds. The van der Waals surface area contributed by atoms with E-state index in [2.05, 4.69) is 4.74 Å². The molecule has 1 N–H and O–H groups in total. The summed E-state index contributed by atoms with van der Waals surface area (Å²) in [5, 5.41) is 8.92. The zero-order chi connectivity index (χ0) is 14.6.